The van der Waals surface area contributed by atoms with Crippen LogP contribution in [0.3, 0.4) is 0 Å². The first-order chi connectivity index (χ1) is 8.90. The van der Waals surface area contributed by atoms with Crippen LogP contribution in [0.4, 0.5) is 4.39 Å². The summed E-state index contributed by atoms with van der Waals surface area (Å²) < 4.78 is 28.6. The van der Waals surface area contributed by atoms with Crippen LogP contribution >= 0.6 is 0 Å². The maximum Gasteiger partial charge on any atom is 0.339 e. The molecule has 19 heavy (non-hydrogen) atoms. The Morgan fingerprint density at radius 2 is 1.63 bits per heavy atom. The van der Waals surface area contributed by atoms with E-state index in [0.717, 1.165) is 7.11 Å². The van der Waals surface area contributed by atoms with Gasteiger partial charge in [-0.05, 0) is 13.8 Å². The lowest BCUT2D eigenvalue weighted by atomic mass is 9.97. The van der Waals surface area contributed by atoms with Crippen LogP contribution in [-0.4, -0.2) is 32.4 Å². The first-order valence-corrected chi connectivity index (χ1v) is 5.57. The predicted octanol–water partition coefficient (Wildman–Crippen LogP) is 1.67. The van der Waals surface area contributed by atoms with Gasteiger partial charge in [-0.2, -0.15) is 0 Å². The maximum absolute atomic E-state index is 14.0. The first kappa shape index (κ1) is 15.2. The van der Waals surface area contributed by atoms with Crippen molar-refractivity contribution in [3.63, 3.8) is 0 Å². The molecule has 1 unspecified atom stereocenters. The Morgan fingerprint density at radius 3 is 2.05 bits per heavy atom. The third-order valence-corrected chi connectivity index (χ3v) is 2.96. The van der Waals surface area contributed by atoms with Crippen molar-refractivity contribution >= 4 is 5.97 Å². The molecule has 0 heterocycles. The number of carbonyl (C=O) groups excluding carboxylic acids is 1. The van der Waals surface area contributed by atoms with E-state index in [2.05, 4.69) is 4.74 Å². The molecule has 106 valence electrons. The molecular weight excluding hydrogens is 255 g/mol. The highest BCUT2D eigenvalue weighted by molar-refractivity contribution is 5.78. The molecule has 0 aliphatic rings. The number of hydrogen-bond acceptors (Lipinski definition) is 5. The van der Waals surface area contributed by atoms with Gasteiger partial charge in [0.2, 0.25) is 0 Å². The molecule has 1 aromatic rings. The summed E-state index contributed by atoms with van der Waals surface area (Å²) in [6.45, 7) is 3.01. The van der Waals surface area contributed by atoms with Crippen molar-refractivity contribution in [3.05, 3.63) is 22.5 Å². The summed E-state index contributed by atoms with van der Waals surface area (Å²) in [6, 6.07) is 0. The molecule has 1 N–H and O–H groups in total. The van der Waals surface area contributed by atoms with Crippen LogP contribution in [0, 0.1) is 19.7 Å². The molecule has 0 saturated carbocycles. The number of carbonyl (C=O) groups is 1. The summed E-state index contributed by atoms with van der Waals surface area (Å²) in [5.74, 6) is -1.36. The smallest absolute Gasteiger partial charge is 0.339 e. The molecule has 6 heteroatoms. The fourth-order valence-corrected chi connectivity index (χ4v) is 1.99. The zero-order valence-electron chi connectivity index (χ0n) is 11.5. The molecule has 1 rings (SSSR count). The molecule has 5 nitrogen and oxygen atoms in total. The Balaban J connectivity index is 3.61. The van der Waals surface area contributed by atoms with Gasteiger partial charge in [0.15, 0.2) is 17.7 Å². The van der Waals surface area contributed by atoms with Crippen LogP contribution in [0.2, 0.25) is 0 Å². The van der Waals surface area contributed by atoms with Crippen molar-refractivity contribution in [3.8, 4) is 11.5 Å². The van der Waals surface area contributed by atoms with Gasteiger partial charge in [-0.25, -0.2) is 9.18 Å². The van der Waals surface area contributed by atoms with Crippen LogP contribution < -0.4 is 9.47 Å². The molecule has 0 aromatic heterocycles. The molecule has 0 amide bonds. The van der Waals surface area contributed by atoms with E-state index in [1.54, 1.807) is 0 Å². The number of halogens is 1. The number of aliphatic hydroxyl groups excluding tert-OH is 1. The lowest BCUT2D eigenvalue weighted by Gasteiger charge is -2.20. The van der Waals surface area contributed by atoms with E-state index < -0.39 is 17.9 Å². The number of benzene rings is 1. The molecule has 0 aliphatic heterocycles. The molecule has 0 radical (unpaired) electrons. The fraction of sp³-hybridized carbons (Fsp3) is 0.462. The first-order valence-electron chi connectivity index (χ1n) is 5.57. The van der Waals surface area contributed by atoms with Gasteiger partial charge >= 0.3 is 5.97 Å². The van der Waals surface area contributed by atoms with Crippen LogP contribution in [0.25, 0.3) is 0 Å². The van der Waals surface area contributed by atoms with Crippen molar-refractivity contribution < 1.29 is 28.5 Å². The molecule has 1 atom stereocenters. The van der Waals surface area contributed by atoms with Gasteiger partial charge in [-0.15, -0.1) is 0 Å². The lowest BCUT2D eigenvalue weighted by Crippen LogP contribution is -2.17. The quantitative estimate of drug-likeness (QED) is 0.845. The maximum atomic E-state index is 14.0. The summed E-state index contributed by atoms with van der Waals surface area (Å²) in [5, 5.41) is 9.98. The molecule has 0 spiro atoms. The molecular formula is C13H17FO5. The summed E-state index contributed by atoms with van der Waals surface area (Å²) in [6.07, 6.45) is -1.56. The molecule has 0 aliphatic carbocycles. The van der Waals surface area contributed by atoms with Crippen molar-refractivity contribution in [1.82, 2.24) is 0 Å². The second-order valence-electron chi connectivity index (χ2n) is 3.97. The monoisotopic (exact) mass is 272 g/mol. The third-order valence-electron chi connectivity index (χ3n) is 2.96. The molecule has 0 fully saturated rings. The van der Waals surface area contributed by atoms with E-state index in [1.165, 1.54) is 28.1 Å². The standard InChI is InChI=1S/C13H17FO5/c1-6-8(10(15)13(16)19-5)11(17-3)7(2)9(14)12(6)18-4/h10,15H,1-5H3. The van der Waals surface area contributed by atoms with E-state index in [0.29, 0.717) is 5.56 Å². The topological polar surface area (TPSA) is 65.0 Å². The van der Waals surface area contributed by atoms with E-state index in [9.17, 15) is 14.3 Å². The number of aliphatic hydroxyl groups is 1. The molecule has 1 aromatic carbocycles. The number of methoxy groups -OCH3 is 3. The minimum Gasteiger partial charge on any atom is -0.496 e. The second-order valence-corrected chi connectivity index (χ2v) is 3.97. The van der Waals surface area contributed by atoms with Gasteiger partial charge in [-0.3, -0.25) is 0 Å². The van der Waals surface area contributed by atoms with Crippen LogP contribution in [0.15, 0.2) is 0 Å². The summed E-state index contributed by atoms with van der Waals surface area (Å²) >= 11 is 0. The number of rotatable bonds is 4. The van der Waals surface area contributed by atoms with E-state index in [1.807, 2.05) is 0 Å². The van der Waals surface area contributed by atoms with Crippen molar-refractivity contribution in [1.29, 1.82) is 0 Å². The SMILES string of the molecule is COC(=O)C(O)c1c(C)c(OC)c(F)c(C)c1OC. The van der Waals surface area contributed by atoms with E-state index in [4.69, 9.17) is 9.47 Å². The number of esters is 1. The van der Waals surface area contributed by atoms with Gasteiger partial charge in [0.1, 0.15) is 5.75 Å². The minimum atomic E-state index is -1.56. The van der Waals surface area contributed by atoms with E-state index >= 15 is 0 Å². The Morgan fingerprint density at radius 1 is 1.11 bits per heavy atom. The normalized spacial score (nSPS) is 11.9. The number of hydrogen-bond donors (Lipinski definition) is 1. The Hall–Kier alpha value is -1.82. The zero-order valence-corrected chi connectivity index (χ0v) is 11.5. The van der Waals surface area contributed by atoms with Crippen LogP contribution in [0.5, 0.6) is 11.5 Å². The van der Waals surface area contributed by atoms with Gasteiger partial charge in [0.05, 0.1) is 21.3 Å². The third kappa shape index (κ3) is 2.49. The van der Waals surface area contributed by atoms with Crippen molar-refractivity contribution in [2.45, 2.75) is 20.0 Å². The lowest BCUT2D eigenvalue weighted by molar-refractivity contribution is -0.150. The highest BCUT2D eigenvalue weighted by Crippen LogP contribution is 2.40. The number of ether oxygens (including phenoxy) is 3. The van der Waals surface area contributed by atoms with Gasteiger partial charge in [-0.1, -0.05) is 0 Å². The predicted molar refractivity (Wildman–Crippen MR) is 66.0 cm³/mol. The van der Waals surface area contributed by atoms with Crippen LogP contribution in [-0.2, 0) is 9.53 Å². The van der Waals surface area contributed by atoms with Crippen molar-refractivity contribution in [2.75, 3.05) is 21.3 Å². The van der Waals surface area contributed by atoms with Gasteiger partial charge < -0.3 is 19.3 Å². The average Bonchev–Trinajstić information content (AvgIpc) is 2.41. The fourth-order valence-electron chi connectivity index (χ4n) is 1.99. The Labute approximate surface area is 110 Å². The highest BCUT2D eigenvalue weighted by atomic mass is 19.1. The summed E-state index contributed by atoms with van der Waals surface area (Å²) in [7, 11) is 3.80. The second kappa shape index (κ2) is 5.88. The average molecular weight is 272 g/mol. The zero-order chi connectivity index (χ0) is 14.7. The summed E-state index contributed by atoms with van der Waals surface area (Å²) in [5.41, 5.74) is 0.591. The van der Waals surface area contributed by atoms with E-state index in [-0.39, 0.29) is 22.6 Å². The molecule has 0 bridgehead atoms. The summed E-state index contributed by atoms with van der Waals surface area (Å²) in [4.78, 5) is 11.5. The van der Waals surface area contributed by atoms with Gasteiger partial charge in [0.25, 0.3) is 0 Å². The largest absolute Gasteiger partial charge is 0.496 e. The Kier molecular flexibility index (Phi) is 4.72. The minimum absolute atomic E-state index is 0.0312. The van der Waals surface area contributed by atoms with Crippen LogP contribution in [0.1, 0.15) is 22.8 Å². The van der Waals surface area contributed by atoms with Crippen molar-refractivity contribution in [2.24, 2.45) is 0 Å². The van der Waals surface area contributed by atoms with Gasteiger partial charge in [0, 0.05) is 16.7 Å². The molecule has 0 saturated heterocycles. The highest BCUT2D eigenvalue weighted by Gasteiger charge is 2.29. The Bertz CT molecular complexity index is 499.